The monoisotopic (exact) mass is 488 g/mol. The second kappa shape index (κ2) is 11.0. The summed E-state index contributed by atoms with van der Waals surface area (Å²) in [5.41, 5.74) is 8.02. The number of carbonyl (C=O) groups is 2. The number of sulfonamides is 1. The Labute approximate surface area is 200 Å². The highest BCUT2D eigenvalue weighted by Crippen LogP contribution is 2.30. The van der Waals surface area contributed by atoms with Gasteiger partial charge in [0.15, 0.2) is 0 Å². The van der Waals surface area contributed by atoms with Gasteiger partial charge in [0, 0.05) is 25.3 Å². The van der Waals surface area contributed by atoms with Crippen molar-refractivity contribution in [2.45, 2.75) is 44.7 Å². The lowest BCUT2D eigenvalue weighted by molar-refractivity contribution is -0.125. The van der Waals surface area contributed by atoms with E-state index in [9.17, 15) is 18.0 Å². The van der Waals surface area contributed by atoms with Crippen LogP contribution in [0.15, 0.2) is 47.4 Å². The number of ether oxygens (including phenoxy) is 1. The highest BCUT2D eigenvalue weighted by Gasteiger charge is 2.31. The second-order valence-corrected chi connectivity index (χ2v) is 9.93. The first kappa shape index (κ1) is 25.7. The van der Waals surface area contributed by atoms with Crippen molar-refractivity contribution in [3.8, 4) is 5.75 Å². The SMILES string of the molecule is CCOc1ccc(NC(=O)CN2Cc3ccccc3C[C@H]2C(N)=O)cc1S(=O)(=O)N(CC)CC. The molecule has 10 heteroatoms. The molecule has 0 spiro atoms. The van der Waals surface area contributed by atoms with Gasteiger partial charge in [0.05, 0.1) is 19.2 Å². The average molecular weight is 489 g/mol. The second-order valence-electron chi connectivity index (χ2n) is 8.03. The van der Waals surface area contributed by atoms with Gasteiger partial charge in [-0.25, -0.2) is 8.42 Å². The van der Waals surface area contributed by atoms with Crippen LogP contribution >= 0.6 is 0 Å². The Morgan fingerprint density at radius 1 is 1.12 bits per heavy atom. The first-order valence-corrected chi connectivity index (χ1v) is 12.8. The first-order valence-electron chi connectivity index (χ1n) is 11.4. The quantitative estimate of drug-likeness (QED) is 0.527. The van der Waals surface area contributed by atoms with Gasteiger partial charge >= 0.3 is 0 Å². The number of benzene rings is 2. The number of nitrogens with two attached hydrogens (primary N) is 1. The van der Waals surface area contributed by atoms with Gasteiger partial charge in [0.2, 0.25) is 21.8 Å². The normalized spacial score (nSPS) is 16.2. The van der Waals surface area contributed by atoms with Crippen LogP contribution in [0.1, 0.15) is 31.9 Å². The van der Waals surface area contributed by atoms with E-state index in [1.165, 1.54) is 10.4 Å². The number of nitrogens with zero attached hydrogens (tertiary/aromatic N) is 2. The Morgan fingerprint density at radius 2 is 1.79 bits per heavy atom. The first-order chi connectivity index (χ1) is 16.2. The van der Waals surface area contributed by atoms with Gasteiger partial charge in [-0.05, 0) is 42.7 Å². The molecule has 0 aromatic heterocycles. The zero-order chi connectivity index (χ0) is 24.9. The van der Waals surface area contributed by atoms with E-state index in [2.05, 4.69) is 5.32 Å². The van der Waals surface area contributed by atoms with Crippen molar-refractivity contribution < 1.29 is 22.7 Å². The summed E-state index contributed by atoms with van der Waals surface area (Å²) in [5, 5.41) is 2.76. The van der Waals surface area contributed by atoms with E-state index in [4.69, 9.17) is 10.5 Å². The minimum atomic E-state index is -3.81. The fraction of sp³-hybridized carbons (Fsp3) is 0.417. The van der Waals surface area contributed by atoms with Crippen molar-refractivity contribution in [2.75, 3.05) is 31.6 Å². The van der Waals surface area contributed by atoms with Crippen LogP contribution in [0.25, 0.3) is 0 Å². The van der Waals surface area contributed by atoms with Crippen LogP contribution in [-0.2, 0) is 32.6 Å². The van der Waals surface area contributed by atoms with E-state index in [1.54, 1.807) is 37.8 Å². The molecule has 0 fully saturated rings. The molecule has 2 aromatic rings. The minimum Gasteiger partial charge on any atom is -0.492 e. The summed E-state index contributed by atoms with van der Waals surface area (Å²) >= 11 is 0. The summed E-state index contributed by atoms with van der Waals surface area (Å²) in [7, 11) is -3.81. The zero-order valence-electron chi connectivity index (χ0n) is 19.8. The summed E-state index contributed by atoms with van der Waals surface area (Å²) in [6.07, 6.45) is 0.439. The molecule has 184 valence electrons. The zero-order valence-corrected chi connectivity index (χ0v) is 20.6. The molecular formula is C24H32N4O5S. The van der Waals surface area contributed by atoms with Crippen molar-refractivity contribution in [1.29, 1.82) is 0 Å². The predicted molar refractivity (Wildman–Crippen MR) is 130 cm³/mol. The van der Waals surface area contributed by atoms with E-state index in [0.29, 0.717) is 38.3 Å². The third kappa shape index (κ3) is 5.57. The van der Waals surface area contributed by atoms with Crippen LogP contribution in [0, 0.1) is 0 Å². The molecule has 1 aliphatic heterocycles. The molecule has 2 amide bonds. The van der Waals surface area contributed by atoms with Gasteiger partial charge in [0.1, 0.15) is 10.6 Å². The molecule has 0 aliphatic carbocycles. The Balaban J connectivity index is 1.82. The molecule has 3 rings (SSSR count). The molecule has 0 radical (unpaired) electrons. The summed E-state index contributed by atoms with van der Waals surface area (Å²) in [4.78, 5) is 26.7. The van der Waals surface area contributed by atoms with E-state index in [-0.39, 0.29) is 23.1 Å². The van der Waals surface area contributed by atoms with Gasteiger partial charge in [-0.1, -0.05) is 38.1 Å². The lowest BCUT2D eigenvalue weighted by Gasteiger charge is -2.34. The van der Waals surface area contributed by atoms with Crippen LogP contribution in [0.4, 0.5) is 5.69 Å². The number of nitrogens with one attached hydrogen (secondary N) is 1. The van der Waals surface area contributed by atoms with Crippen LogP contribution in [0.5, 0.6) is 5.75 Å². The van der Waals surface area contributed by atoms with Crippen molar-refractivity contribution in [1.82, 2.24) is 9.21 Å². The lowest BCUT2D eigenvalue weighted by Crippen LogP contribution is -2.50. The Hall–Kier alpha value is -2.95. The lowest BCUT2D eigenvalue weighted by atomic mass is 9.93. The van der Waals surface area contributed by atoms with Crippen molar-refractivity contribution in [3.63, 3.8) is 0 Å². The molecule has 2 aromatic carbocycles. The van der Waals surface area contributed by atoms with Crippen molar-refractivity contribution in [3.05, 3.63) is 53.6 Å². The molecular weight excluding hydrogens is 456 g/mol. The minimum absolute atomic E-state index is 0.00207. The van der Waals surface area contributed by atoms with Crippen molar-refractivity contribution >= 4 is 27.5 Å². The van der Waals surface area contributed by atoms with Crippen LogP contribution in [0.2, 0.25) is 0 Å². The largest absolute Gasteiger partial charge is 0.492 e. The Bertz CT molecular complexity index is 1150. The van der Waals surface area contributed by atoms with E-state index < -0.39 is 22.0 Å². The third-order valence-corrected chi connectivity index (χ3v) is 7.94. The summed E-state index contributed by atoms with van der Waals surface area (Å²) in [6.45, 7) is 6.58. The third-order valence-electron chi connectivity index (χ3n) is 5.87. The van der Waals surface area contributed by atoms with Crippen LogP contribution in [0.3, 0.4) is 0 Å². The molecule has 0 saturated carbocycles. The van der Waals surface area contributed by atoms with Crippen LogP contribution in [-0.4, -0.2) is 61.7 Å². The number of amides is 2. The smallest absolute Gasteiger partial charge is 0.246 e. The maximum atomic E-state index is 13.2. The number of anilines is 1. The number of rotatable bonds is 10. The van der Waals surface area contributed by atoms with Gasteiger partial charge in [-0.15, -0.1) is 0 Å². The highest BCUT2D eigenvalue weighted by molar-refractivity contribution is 7.89. The number of fused-ring (bicyclic) bond motifs is 1. The molecule has 9 nitrogen and oxygen atoms in total. The van der Waals surface area contributed by atoms with E-state index in [1.807, 2.05) is 24.3 Å². The fourth-order valence-corrected chi connectivity index (χ4v) is 5.79. The number of primary amides is 1. The molecule has 34 heavy (non-hydrogen) atoms. The highest BCUT2D eigenvalue weighted by atomic mass is 32.2. The van der Waals surface area contributed by atoms with Gasteiger partial charge < -0.3 is 15.8 Å². The summed E-state index contributed by atoms with van der Waals surface area (Å²) in [6, 6.07) is 11.7. The van der Waals surface area contributed by atoms with Gasteiger partial charge in [-0.3, -0.25) is 14.5 Å². The number of carbonyl (C=O) groups excluding carboxylic acids is 2. The molecule has 1 atom stereocenters. The molecule has 0 bridgehead atoms. The molecule has 0 unspecified atom stereocenters. The maximum Gasteiger partial charge on any atom is 0.246 e. The van der Waals surface area contributed by atoms with Crippen molar-refractivity contribution in [2.24, 2.45) is 5.73 Å². The Kier molecular flexibility index (Phi) is 8.29. The van der Waals surface area contributed by atoms with Crippen LogP contribution < -0.4 is 15.8 Å². The molecule has 0 saturated heterocycles. The maximum absolute atomic E-state index is 13.2. The van der Waals surface area contributed by atoms with Gasteiger partial charge in [0.25, 0.3) is 0 Å². The standard InChI is InChI=1S/C24H32N4O5S/c1-4-28(5-2)34(31,32)22-14-19(11-12-21(22)33-6-3)26-23(29)16-27-15-18-10-8-7-9-17(18)13-20(27)24(25)30/h7-12,14,20H,4-6,13,15-16H2,1-3H3,(H2,25,30)(H,26,29)/t20-/m0/s1. The average Bonchev–Trinajstić information content (AvgIpc) is 2.80. The number of hydrogen-bond acceptors (Lipinski definition) is 6. The fourth-order valence-electron chi connectivity index (χ4n) is 4.17. The van der Waals surface area contributed by atoms with E-state index in [0.717, 1.165) is 11.1 Å². The predicted octanol–water partition coefficient (Wildman–Crippen LogP) is 1.97. The molecule has 3 N–H and O–H groups in total. The summed E-state index contributed by atoms with van der Waals surface area (Å²) < 4.78 is 33.2. The molecule has 1 heterocycles. The summed E-state index contributed by atoms with van der Waals surface area (Å²) in [5.74, 6) is -0.634. The Morgan fingerprint density at radius 3 is 2.41 bits per heavy atom. The van der Waals surface area contributed by atoms with Gasteiger partial charge in [-0.2, -0.15) is 4.31 Å². The van der Waals surface area contributed by atoms with E-state index >= 15 is 0 Å². The topological polar surface area (TPSA) is 122 Å². The molecule has 1 aliphatic rings. The number of hydrogen-bond donors (Lipinski definition) is 2.